The number of aliphatic imine (C=N–C) groups is 2. The molecule has 0 radical (unpaired) electrons. The van der Waals surface area contributed by atoms with Gasteiger partial charge >= 0.3 is 0 Å². The normalized spacial score (nSPS) is 21.1. The quantitative estimate of drug-likeness (QED) is 0.733. The van der Waals surface area contributed by atoms with Gasteiger partial charge in [0.2, 0.25) is 11.9 Å². The summed E-state index contributed by atoms with van der Waals surface area (Å²) in [6, 6.07) is 5.25. The lowest BCUT2D eigenvalue weighted by atomic mass is 9.87. The number of rotatable bonds is 1. The van der Waals surface area contributed by atoms with E-state index in [1.54, 1.807) is 12.1 Å². The van der Waals surface area contributed by atoms with E-state index in [-0.39, 0.29) is 11.7 Å². The number of phenolic OH excluding ortho intramolecular Hbond substituents is 1. The van der Waals surface area contributed by atoms with Gasteiger partial charge in [0.1, 0.15) is 11.4 Å². The largest absolute Gasteiger partial charge is 0.508 e. The minimum Gasteiger partial charge on any atom is -0.508 e. The number of phenols is 1. The van der Waals surface area contributed by atoms with Gasteiger partial charge in [-0.3, -0.25) is 4.90 Å². The summed E-state index contributed by atoms with van der Waals surface area (Å²) in [4.78, 5) is 10.8. The van der Waals surface area contributed by atoms with Crippen molar-refractivity contribution in [1.29, 1.82) is 0 Å². The molecule has 0 amide bonds. The highest BCUT2D eigenvalue weighted by Crippen LogP contribution is 2.40. The zero-order chi connectivity index (χ0) is 15.0. The van der Waals surface area contributed by atoms with Crippen LogP contribution < -0.4 is 16.4 Å². The molecular formula is C15H21N5O. The summed E-state index contributed by atoms with van der Waals surface area (Å²) in [6.45, 7) is 1.94. The molecule has 1 fully saturated rings. The molecular weight excluding hydrogens is 266 g/mol. The average Bonchev–Trinajstić information content (AvgIpc) is 2.41. The van der Waals surface area contributed by atoms with Gasteiger partial charge in [-0.05, 0) is 56.4 Å². The zero-order valence-electron chi connectivity index (χ0n) is 12.2. The van der Waals surface area contributed by atoms with Crippen LogP contribution in [0.4, 0.5) is 5.69 Å². The fraction of sp³-hybridized carbons (Fsp3) is 0.467. The molecule has 21 heavy (non-hydrogen) atoms. The summed E-state index contributed by atoms with van der Waals surface area (Å²) in [7, 11) is 0. The number of hydrogen-bond acceptors (Lipinski definition) is 6. The third-order valence-electron chi connectivity index (χ3n) is 4.27. The maximum absolute atomic E-state index is 9.62. The van der Waals surface area contributed by atoms with Crippen LogP contribution in [0.15, 0.2) is 28.2 Å². The summed E-state index contributed by atoms with van der Waals surface area (Å²) >= 11 is 0. The number of nitrogens with two attached hydrogens (primary N) is 2. The number of benzene rings is 1. The predicted molar refractivity (Wildman–Crippen MR) is 84.4 cm³/mol. The highest BCUT2D eigenvalue weighted by atomic mass is 16.3. The fourth-order valence-electron chi connectivity index (χ4n) is 3.36. The molecule has 0 unspecified atom stereocenters. The average molecular weight is 287 g/mol. The van der Waals surface area contributed by atoms with Gasteiger partial charge in [0.05, 0.1) is 0 Å². The number of hydrogen-bond donors (Lipinski definition) is 3. The Labute approximate surface area is 124 Å². The van der Waals surface area contributed by atoms with Crippen LogP contribution in [0.1, 0.15) is 37.7 Å². The Balaban J connectivity index is 2.10. The first-order chi connectivity index (χ1) is 10.0. The lowest BCUT2D eigenvalue weighted by Crippen LogP contribution is -2.58. The number of guanidine groups is 2. The Morgan fingerprint density at radius 3 is 2.57 bits per heavy atom. The van der Waals surface area contributed by atoms with Crippen molar-refractivity contribution in [2.75, 3.05) is 4.90 Å². The van der Waals surface area contributed by atoms with Gasteiger partial charge < -0.3 is 16.6 Å². The molecule has 112 valence electrons. The summed E-state index contributed by atoms with van der Waals surface area (Å²) in [5, 5.41) is 9.62. The lowest BCUT2D eigenvalue weighted by Gasteiger charge is -2.46. The third kappa shape index (κ3) is 2.30. The van der Waals surface area contributed by atoms with Crippen molar-refractivity contribution in [3.63, 3.8) is 0 Å². The zero-order valence-corrected chi connectivity index (χ0v) is 12.2. The molecule has 1 heterocycles. The van der Waals surface area contributed by atoms with E-state index >= 15 is 0 Å². The van der Waals surface area contributed by atoms with Crippen molar-refractivity contribution in [3.05, 3.63) is 23.8 Å². The van der Waals surface area contributed by atoms with Gasteiger partial charge in [-0.15, -0.1) is 0 Å². The summed E-state index contributed by atoms with van der Waals surface area (Å²) in [6.07, 6.45) is 5.21. The number of nitrogens with zero attached hydrogens (tertiary/aromatic N) is 3. The van der Waals surface area contributed by atoms with Crippen LogP contribution in [-0.4, -0.2) is 22.7 Å². The Bertz CT molecular complexity index is 616. The Hall–Kier alpha value is -2.24. The van der Waals surface area contributed by atoms with Gasteiger partial charge in [-0.25, -0.2) is 4.99 Å². The highest BCUT2D eigenvalue weighted by Gasteiger charge is 2.42. The minimum atomic E-state index is -0.435. The second-order valence-electron chi connectivity index (χ2n) is 5.79. The summed E-state index contributed by atoms with van der Waals surface area (Å²) < 4.78 is 0. The molecule has 5 N–H and O–H groups in total. The molecule has 0 saturated heterocycles. The number of anilines is 1. The summed E-state index contributed by atoms with van der Waals surface area (Å²) in [5.74, 6) is 0.866. The topological polar surface area (TPSA) is 100 Å². The second-order valence-corrected chi connectivity index (χ2v) is 5.79. The molecule has 1 spiro atoms. The van der Waals surface area contributed by atoms with Crippen molar-refractivity contribution in [3.8, 4) is 5.75 Å². The van der Waals surface area contributed by atoms with Crippen molar-refractivity contribution in [2.24, 2.45) is 21.5 Å². The van der Waals surface area contributed by atoms with Gasteiger partial charge in [-0.1, -0.05) is 6.42 Å². The van der Waals surface area contributed by atoms with Crippen LogP contribution in [0.3, 0.4) is 0 Å². The van der Waals surface area contributed by atoms with E-state index < -0.39 is 5.66 Å². The maximum atomic E-state index is 9.62. The smallest absolute Gasteiger partial charge is 0.220 e. The molecule has 0 aromatic heterocycles. The molecule has 6 heteroatoms. The monoisotopic (exact) mass is 287 g/mol. The SMILES string of the molecule is Cc1cc(O)ccc1N1C(N)=NC(N)=NC12CCCCC2. The highest BCUT2D eigenvalue weighted by molar-refractivity contribution is 6.06. The van der Waals surface area contributed by atoms with Crippen LogP contribution >= 0.6 is 0 Å². The molecule has 1 saturated carbocycles. The van der Waals surface area contributed by atoms with Crippen molar-refractivity contribution in [1.82, 2.24) is 0 Å². The molecule has 2 aliphatic rings. The molecule has 1 aromatic carbocycles. The second kappa shape index (κ2) is 4.95. The van der Waals surface area contributed by atoms with Crippen LogP contribution in [-0.2, 0) is 0 Å². The first-order valence-corrected chi connectivity index (χ1v) is 7.31. The Kier molecular flexibility index (Phi) is 3.23. The number of aromatic hydroxyl groups is 1. The van der Waals surface area contributed by atoms with E-state index in [0.717, 1.165) is 36.9 Å². The van der Waals surface area contributed by atoms with Crippen LogP contribution in [0.5, 0.6) is 5.75 Å². The Morgan fingerprint density at radius 1 is 1.19 bits per heavy atom. The van der Waals surface area contributed by atoms with Crippen LogP contribution in [0.25, 0.3) is 0 Å². The van der Waals surface area contributed by atoms with E-state index in [1.807, 2.05) is 17.9 Å². The summed E-state index contributed by atoms with van der Waals surface area (Å²) in [5.41, 5.74) is 13.4. The first-order valence-electron chi connectivity index (χ1n) is 7.31. The molecule has 3 rings (SSSR count). The van der Waals surface area contributed by atoms with E-state index in [2.05, 4.69) is 9.98 Å². The maximum Gasteiger partial charge on any atom is 0.220 e. The number of aryl methyl sites for hydroxylation is 1. The molecule has 1 aliphatic carbocycles. The molecule has 1 aliphatic heterocycles. The molecule has 0 bridgehead atoms. The lowest BCUT2D eigenvalue weighted by molar-refractivity contribution is 0.305. The van der Waals surface area contributed by atoms with Crippen LogP contribution in [0, 0.1) is 6.92 Å². The minimum absolute atomic E-state index is 0.240. The van der Waals surface area contributed by atoms with Crippen molar-refractivity contribution >= 4 is 17.6 Å². The predicted octanol–water partition coefficient (Wildman–Crippen LogP) is 1.81. The fourth-order valence-corrected chi connectivity index (χ4v) is 3.36. The van der Waals surface area contributed by atoms with Crippen LogP contribution in [0.2, 0.25) is 0 Å². The van der Waals surface area contributed by atoms with Crippen molar-refractivity contribution in [2.45, 2.75) is 44.7 Å². The third-order valence-corrected chi connectivity index (χ3v) is 4.27. The van der Waals surface area contributed by atoms with Gasteiger partial charge in [0.15, 0.2) is 0 Å². The molecule has 6 nitrogen and oxygen atoms in total. The van der Waals surface area contributed by atoms with E-state index in [9.17, 15) is 5.11 Å². The van der Waals surface area contributed by atoms with E-state index in [4.69, 9.17) is 11.5 Å². The van der Waals surface area contributed by atoms with E-state index in [1.165, 1.54) is 6.42 Å². The first kappa shape index (κ1) is 13.7. The molecule has 1 aromatic rings. The van der Waals surface area contributed by atoms with E-state index in [0.29, 0.717) is 5.96 Å². The van der Waals surface area contributed by atoms with Gasteiger partial charge in [0, 0.05) is 5.69 Å². The van der Waals surface area contributed by atoms with Crippen molar-refractivity contribution < 1.29 is 5.11 Å². The molecule has 0 atom stereocenters. The standard InChI is InChI=1S/C15H21N5O/c1-10-9-11(21)5-6-12(10)20-14(17)18-13(16)19-15(20)7-3-2-4-8-15/h5-6,9,21H,2-4,7-8H2,1H3,(H4,16,17,18,19). The Morgan fingerprint density at radius 2 is 1.90 bits per heavy atom. The van der Waals surface area contributed by atoms with Gasteiger partial charge in [-0.2, -0.15) is 4.99 Å². The van der Waals surface area contributed by atoms with Gasteiger partial charge in [0.25, 0.3) is 0 Å².